The SMILES string of the molecule is CCNC(CCN1CCC(C)(O)CC1)c1cccc(Cl)c1. The van der Waals surface area contributed by atoms with Gasteiger partial charge in [0.15, 0.2) is 0 Å². The summed E-state index contributed by atoms with van der Waals surface area (Å²) in [5, 5.41) is 14.4. The van der Waals surface area contributed by atoms with Crippen molar-refractivity contribution in [3.05, 3.63) is 34.9 Å². The highest BCUT2D eigenvalue weighted by atomic mass is 35.5. The third kappa shape index (κ3) is 5.26. The normalized spacial score (nSPS) is 20.4. The molecule has 1 atom stereocenters. The minimum absolute atomic E-state index is 0.344. The van der Waals surface area contributed by atoms with Crippen molar-refractivity contribution in [3.63, 3.8) is 0 Å². The van der Waals surface area contributed by atoms with Gasteiger partial charge in [-0.25, -0.2) is 0 Å². The molecule has 1 aliphatic heterocycles. The Kier molecular flexibility index (Phi) is 6.06. The van der Waals surface area contributed by atoms with Crippen LogP contribution in [-0.4, -0.2) is 41.8 Å². The molecule has 0 saturated carbocycles. The summed E-state index contributed by atoms with van der Waals surface area (Å²) in [6, 6.07) is 8.47. The molecule has 118 valence electrons. The lowest BCUT2D eigenvalue weighted by molar-refractivity contribution is -0.00596. The van der Waals surface area contributed by atoms with Crippen molar-refractivity contribution in [3.8, 4) is 0 Å². The van der Waals surface area contributed by atoms with E-state index >= 15 is 0 Å². The van der Waals surface area contributed by atoms with Crippen LogP contribution in [0.3, 0.4) is 0 Å². The molecule has 0 amide bonds. The van der Waals surface area contributed by atoms with Crippen molar-refractivity contribution in [1.82, 2.24) is 10.2 Å². The van der Waals surface area contributed by atoms with Crippen molar-refractivity contribution < 1.29 is 5.11 Å². The number of hydrogen-bond acceptors (Lipinski definition) is 3. The van der Waals surface area contributed by atoms with Crippen molar-refractivity contribution in [2.45, 2.75) is 44.8 Å². The van der Waals surface area contributed by atoms with Gasteiger partial charge in [-0.05, 0) is 57.0 Å². The Balaban J connectivity index is 1.89. The standard InChI is InChI=1S/C17H27ClN2O/c1-3-19-16(14-5-4-6-15(18)13-14)7-10-20-11-8-17(2,21)9-12-20/h4-6,13,16,19,21H,3,7-12H2,1-2H3. The van der Waals surface area contributed by atoms with Crippen LogP contribution in [0.4, 0.5) is 0 Å². The zero-order valence-electron chi connectivity index (χ0n) is 13.1. The molecule has 1 aromatic rings. The Morgan fingerprint density at radius 3 is 2.71 bits per heavy atom. The van der Waals surface area contributed by atoms with Gasteiger partial charge in [0.05, 0.1) is 5.60 Å². The number of likely N-dealkylation sites (tertiary alicyclic amines) is 1. The topological polar surface area (TPSA) is 35.5 Å². The molecule has 1 aromatic carbocycles. The Labute approximate surface area is 133 Å². The molecule has 2 rings (SSSR count). The molecule has 1 heterocycles. The third-order valence-corrected chi connectivity index (χ3v) is 4.60. The predicted octanol–water partition coefficient (Wildman–Crippen LogP) is 3.23. The number of piperidine rings is 1. The maximum atomic E-state index is 10.0. The highest BCUT2D eigenvalue weighted by Gasteiger charge is 2.27. The van der Waals surface area contributed by atoms with E-state index in [2.05, 4.69) is 29.3 Å². The van der Waals surface area contributed by atoms with E-state index < -0.39 is 5.60 Å². The van der Waals surface area contributed by atoms with E-state index in [9.17, 15) is 5.11 Å². The van der Waals surface area contributed by atoms with Crippen LogP contribution < -0.4 is 5.32 Å². The smallest absolute Gasteiger partial charge is 0.0644 e. The minimum Gasteiger partial charge on any atom is -0.390 e. The Morgan fingerprint density at radius 2 is 2.10 bits per heavy atom. The lowest BCUT2D eigenvalue weighted by atomic mass is 9.93. The second-order valence-corrected chi connectivity index (χ2v) is 6.73. The highest BCUT2D eigenvalue weighted by Crippen LogP contribution is 2.24. The zero-order valence-corrected chi connectivity index (χ0v) is 13.9. The van der Waals surface area contributed by atoms with Gasteiger partial charge in [0.1, 0.15) is 0 Å². The molecule has 0 aromatic heterocycles. The van der Waals surface area contributed by atoms with Crippen LogP contribution in [0.15, 0.2) is 24.3 Å². The fourth-order valence-corrected chi connectivity index (χ4v) is 3.13. The molecule has 1 fully saturated rings. The number of rotatable bonds is 6. The number of aliphatic hydroxyl groups is 1. The molecular weight excluding hydrogens is 284 g/mol. The quantitative estimate of drug-likeness (QED) is 0.847. The summed E-state index contributed by atoms with van der Waals surface area (Å²) in [5.74, 6) is 0. The molecule has 3 nitrogen and oxygen atoms in total. The van der Waals surface area contributed by atoms with E-state index in [0.717, 1.165) is 50.5 Å². The summed E-state index contributed by atoms with van der Waals surface area (Å²) in [6.45, 7) is 8.06. The Morgan fingerprint density at radius 1 is 1.38 bits per heavy atom. The van der Waals surface area contributed by atoms with Gasteiger partial charge in [-0.15, -0.1) is 0 Å². The third-order valence-electron chi connectivity index (χ3n) is 4.37. The molecule has 4 heteroatoms. The molecule has 0 spiro atoms. The van der Waals surface area contributed by atoms with Gasteiger partial charge in [-0.3, -0.25) is 0 Å². The summed E-state index contributed by atoms with van der Waals surface area (Å²) >= 11 is 6.10. The number of halogens is 1. The monoisotopic (exact) mass is 310 g/mol. The van der Waals surface area contributed by atoms with Crippen LogP contribution in [0.5, 0.6) is 0 Å². The largest absolute Gasteiger partial charge is 0.390 e. The average Bonchev–Trinajstić information content (AvgIpc) is 2.44. The first kappa shape index (κ1) is 16.8. The summed E-state index contributed by atoms with van der Waals surface area (Å²) in [6.07, 6.45) is 2.81. The van der Waals surface area contributed by atoms with Crippen molar-refractivity contribution in [1.29, 1.82) is 0 Å². The lowest BCUT2D eigenvalue weighted by Gasteiger charge is -2.36. The average molecular weight is 311 g/mol. The molecule has 1 aliphatic rings. The molecule has 1 saturated heterocycles. The van der Waals surface area contributed by atoms with Gasteiger partial charge < -0.3 is 15.3 Å². The summed E-state index contributed by atoms with van der Waals surface area (Å²) < 4.78 is 0. The molecule has 0 bridgehead atoms. The van der Waals surface area contributed by atoms with E-state index in [4.69, 9.17) is 11.6 Å². The van der Waals surface area contributed by atoms with Crippen molar-refractivity contribution in [2.75, 3.05) is 26.2 Å². The summed E-state index contributed by atoms with van der Waals surface area (Å²) in [5.41, 5.74) is 0.790. The maximum absolute atomic E-state index is 10.0. The first-order valence-corrected chi connectivity index (χ1v) is 8.31. The van der Waals surface area contributed by atoms with Crippen molar-refractivity contribution >= 4 is 11.6 Å². The van der Waals surface area contributed by atoms with Crippen LogP contribution >= 0.6 is 11.6 Å². The lowest BCUT2D eigenvalue weighted by Crippen LogP contribution is -2.43. The van der Waals surface area contributed by atoms with E-state index in [-0.39, 0.29) is 0 Å². The highest BCUT2D eigenvalue weighted by molar-refractivity contribution is 6.30. The second-order valence-electron chi connectivity index (χ2n) is 6.29. The van der Waals surface area contributed by atoms with Gasteiger partial charge in [0, 0.05) is 24.2 Å². The van der Waals surface area contributed by atoms with Gasteiger partial charge in [0.25, 0.3) is 0 Å². The van der Waals surface area contributed by atoms with Gasteiger partial charge in [0.2, 0.25) is 0 Å². The van der Waals surface area contributed by atoms with Crippen LogP contribution in [0.25, 0.3) is 0 Å². The molecular formula is C17H27ClN2O. The van der Waals surface area contributed by atoms with Crippen LogP contribution in [0, 0.1) is 0 Å². The number of hydrogen-bond donors (Lipinski definition) is 2. The van der Waals surface area contributed by atoms with E-state index in [1.807, 2.05) is 19.1 Å². The molecule has 1 unspecified atom stereocenters. The number of benzene rings is 1. The van der Waals surface area contributed by atoms with Gasteiger partial charge in [-0.2, -0.15) is 0 Å². The first-order chi connectivity index (χ1) is 10.00. The predicted molar refractivity (Wildman–Crippen MR) is 88.8 cm³/mol. The Hall–Kier alpha value is -0.610. The number of nitrogens with zero attached hydrogens (tertiary/aromatic N) is 1. The van der Waals surface area contributed by atoms with Crippen LogP contribution in [-0.2, 0) is 0 Å². The van der Waals surface area contributed by atoms with Crippen molar-refractivity contribution in [2.24, 2.45) is 0 Å². The maximum Gasteiger partial charge on any atom is 0.0644 e. The fraction of sp³-hybridized carbons (Fsp3) is 0.647. The molecule has 21 heavy (non-hydrogen) atoms. The number of nitrogens with one attached hydrogen (secondary N) is 1. The van der Waals surface area contributed by atoms with Crippen LogP contribution in [0.1, 0.15) is 44.7 Å². The minimum atomic E-state index is -0.468. The summed E-state index contributed by atoms with van der Waals surface area (Å²) in [7, 11) is 0. The fourth-order valence-electron chi connectivity index (χ4n) is 2.93. The first-order valence-electron chi connectivity index (χ1n) is 7.94. The Bertz CT molecular complexity index is 440. The zero-order chi connectivity index (χ0) is 15.3. The van der Waals surface area contributed by atoms with E-state index in [1.165, 1.54) is 5.56 Å². The molecule has 2 N–H and O–H groups in total. The van der Waals surface area contributed by atoms with Crippen LogP contribution in [0.2, 0.25) is 5.02 Å². The second kappa shape index (κ2) is 7.59. The van der Waals surface area contributed by atoms with Gasteiger partial charge in [-0.1, -0.05) is 30.7 Å². The molecule has 0 radical (unpaired) electrons. The van der Waals surface area contributed by atoms with E-state index in [0.29, 0.717) is 6.04 Å². The van der Waals surface area contributed by atoms with Gasteiger partial charge >= 0.3 is 0 Å². The van der Waals surface area contributed by atoms with E-state index in [1.54, 1.807) is 0 Å². The molecule has 0 aliphatic carbocycles. The summed E-state index contributed by atoms with van der Waals surface area (Å²) in [4.78, 5) is 2.45.